The van der Waals surface area contributed by atoms with Gasteiger partial charge in [0.2, 0.25) is 0 Å². The molecule has 5 heteroatoms. The summed E-state index contributed by atoms with van der Waals surface area (Å²) in [7, 11) is 0. The zero-order chi connectivity index (χ0) is 20.8. The van der Waals surface area contributed by atoms with E-state index in [0.29, 0.717) is 22.4 Å². The standard InChI is InChI=1S/C24H21N3O2/c1-3-18-7-4-6-16(2)22(18)27-24(29)20-9-5-8-19(14-20)23(28)26-21-12-10-17(15-25)11-13-21/h4-14H,3H2,1-2H3,(H,26,28)(H,27,29). The summed E-state index contributed by atoms with van der Waals surface area (Å²) >= 11 is 0. The van der Waals surface area contributed by atoms with Crippen molar-refractivity contribution in [2.45, 2.75) is 20.3 Å². The molecule has 0 bridgehead atoms. The molecule has 2 amide bonds. The quantitative estimate of drug-likeness (QED) is 0.655. The molecule has 0 heterocycles. The van der Waals surface area contributed by atoms with Crippen LogP contribution in [0.3, 0.4) is 0 Å². The van der Waals surface area contributed by atoms with Crippen molar-refractivity contribution in [1.82, 2.24) is 0 Å². The van der Waals surface area contributed by atoms with Crippen LogP contribution in [0.15, 0.2) is 66.7 Å². The van der Waals surface area contributed by atoms with Gasteiger partial charge in [0.05, 0.1) is 11.6 Å². The van der Waals surface area contributed by atoms with Gasteiger partial charge < -0.3 is 10.6 Å². The van der Waals surface area contributed by atoms with E-state index >= 15 is 0 Å². The summed E-state index contributed by atoms with van der Waals surface area (Å²) in [6.07, 6.45) is 0.810. The van der Waals surface area contributed by atoms with Crippen LogP contribution in [0.25, 0.3) is 0 Å². The number of nitriles is 1. The molecule has 3 aromatic rings. The number of anilines is 2. The van der Waals surface area contributed by atoms with Crippen molar-refractivity contribution in [3.05, 3.63) is 94.5 Å². The van der Waals surface area contributed by atoms with E-state index in [1.54, 1.807) is 48.5 Å². The summed E-state index contributed by atoms with van der Waals surface area (Å²) < 4.78 is 0. The van der Waals surface area contributed by atoms with Gasteiger partial charge in [-0.1, -0.05) is 31.2 Å². The minimum absolute atomic E-state index is 0.262. The first kappa shape index (κ1) is 19.8. The lowest BCUT2D eigenvalue weighted by atomic mass is 10.0. The fraction of sp³-hybridized carbons (Fsp3) is 0.125. The van der Waals surface area contributed by atoms with E-state index in [9.17, 15) is 9.59 Å². The SMILES string of the molecule is CCc1cccc(C)c1NC(=O)c1cccc(C(=O)Nc2ccc(C#N)cc2)c1. The Hall–Kier alpha value is -3.91. The predicted octanol–water partition coefficient (Wildman–Crippen LogP) is 4.93. The van der Waals surface area contributed by atoms with Crippen LogP contribution in [-0.2, 0) is 6.42 Å². The van der Waals surface area contributed by atoms with Crippen LogP contribution in [0, 0.1) is 18.3 Å². The van der Waals surface area contributed by atoms with Gasteiger partial charge in [0.15, 0.2) is 0 Å². The highest BCUT2D eigenvalue weighted by molar-refractivity contribution is 6.09. The average Bonchev–Trinajstić information content (AvgIpc) is 2.75. The van der Waals surface area contributed by atoms with E-state index in [-0.39, 0.29) is 11.8 Å². The molecule has 0 aliphatic rings. The van der Waals surface area contributed by atoms with E-state index < -0.39 is 0 Å². The van der Waals surface area contributed by atoms with E-state index in [1.807, 2.05) is 38.1 Å². The number of amides is 2. The van der Waals surface area contributed by atoms with Gasteiger partial charge in [-0.05, 0) is 66.9 Å². The lowest BCUT2D eigenvalue weighted by Crippen LogP contribution is -2.16. The monoisotopic (exact) mass is 383 g/mol. The van der Waals surface area contributed by atoms with Gasteiger partial charge in [-0.2, -0.15) is 5.26 Å². The maximum Gasteiger partial charge on any atom is 0.255 e. The minimum atomic E-state index is -0.325. The Morgan fingerprint density at radius 3 is 2.14 bits per heavy atom. The van der Waals surface area contributed by atoms with Crippen molar-refractivity contribution in [2.24, 2.45) is 0 Å². The summed E-state index contributed by atoms with van der Waals surface area (Å²) in [4.78, 5) is 25.3. The van der Waals surface area contributed by atoms with E-state index in [1.165, 1.54) is 0 Å². The zero-order valence-electron chi connectivity index (χ0n) is 16.3. The van der Waals surface area contributed by atoms with Crippen molar-refractivity contribution in [2.75, 3.05) is 10.6 Å². The number of hydrogen-bond acceptors (Lipinski definition) is 3. The number of carbonyl (C=O) groups excluding carboxylic acids is 2. The zero-order valence-corrected chi connectivity index (χ0v) is 16.3. The fourth-order valence-corrected chi connectivity index (χ4v) is 3.02. The Morgan fingerprint density at radius 2 is 1.52 bits per heavy atom. The number of nitrogens with one attached hydrogen (secondary N) is 2. The predicted molar refractivity (Wildman–Crippen MR) is 114 cm³/mol. The van der Waals surface area contributed by atoms with Gasteiger partial charge in [0.1, 0.15) is 0 Å². The number of nitrogens with zero attached hydrogens (tertiary/aromatic N) is 1. The van der Waals surface area contributed by atoms with Crippen molar-refractivity contribution in [3.8, 4) is 6.07 Å². The van der Waals surface area contributed by atoms with Crippen LogP contribution in [0.1, 0.15) is 44.3 Å². The minimum Gasteiger partial charge on any atom is -0.322 e. The molecule has 0 unspecified atom stereocenters. The second kappa shape index (κ2) is 8.85. The third-order valence-electron chi connectivity index (χ3n) is 4.64. The number of aryl methyl sites for hydroxylation is 2. The van der Waals surface area contributed by atoms with Gasteiger partial charge in [-0.15, -0.1) is 0 Å². The molecule has 0 aromatic heterocycles. The first-order chi connectivity index (χ1) is 14.0. The largest absolute Gasteiger partial charge is 0.322 e. The first-order valence-corrected chi connectivity index (χ1v) is 9.33. The third-order valence-corrected chi connectivity index (χ3v) is 4.64. The smallest absolute Gasteiger partial charge is 0.255 e. The summed E-state index contributed by atoms with van der Waals surface area (Å²) in [5.41, 5.74) is 4.75. The highest BCUT2D eigenvalue weighted by Crippen LogP contribution is 2.22. The summed E-state index contributed by atoms with van der Waals surface area (Å²) in [5.74, 6) is -0.587. The second-order valence-corrected chi connectivity index (χ2v) is 6.64. The molecule has 0 aliphatic heterocycles. The second-order valence-electron chi connectivity index (χ2n) is 6.64. The van der Waals surface area contributed by atoms with Crippen LogP contribution in [-0.4, -0.2) is 11.8 Å². The van der Waals surface area contributed by atoms with Gasteiger partial charge in [-0.25, -0.2) is 0 Å². The third kappa shape index (κ3) is 4.69. The molecule has 0 fully saturated rings. The van der Waals surface area contributed by atoms with Crippen molar-refractivity contribution < 1.29 is 9.59 Å². The van der Waals surface area contributed by atoms with Gasteiger partial charge in [-0.3, -0.25) is 9.59 Å². The van der Waals surface area contributed by atoms with Crippen LogP contribution in [0.4, 0.5) is 11.4 Å². The number of benzene rings is 3. The van der Waals surface area contributed by atoms with Crippen molar-refractivity contribution >= 4 is 23.2 Å². The van der Waals surface area contributed by atoms with Crippen molar-refractivity contribution in [3.63, 3.8) is 0 Å². The van der Waals surface area contributed by atoms with Crippen LogP contribution in [0.5, 0.6) is 0 Å². The molecule has 0 radical (unpaired) electrons. The van der Waals surface area contributed by atoms with E-state index in [4.69, 9.17) is 5.26 Å². The van der Waals surface area contributed by atoms with Crippen molar-refractivity contribution in [1.29, 1.82) is 5.26 Å². The normalized spacial score (nSPS) is 10.1. The number of hydrogen-bond donors (Lipinski definition) is 2. The molecule has 5 nitrogen and oxygen atoms in total. The van der Waals surface area contributed by atoms with Crippen LogP contribution in [0.2, 0.25) is 0 Å². The topological polar surface area (TPSA) is 82.0 Å². The highest BCUT2D eigenvalue weighted by Gasteiger charge is 2.13. The molecule has 144 valence electrons. The molecule has 0 saturated carbocycles. The molecule has 3 aromatic carbocycles. The molecule has 3 rings (SSSR count). The Balaban J connectivity index is 1.77. The molecular formula is C24H21N3O2. The van der Waals surface area contributed by atoms with Crippen LogP contribution < -0.4 is 10.6 Å². The molecule has 2 N–H and O–H groups in total. The summed E-state index contributed by atoms with van der Waals surface area (Å²) in [6, 6.07) is 21.1. The first-order valence-electron chi connectivity index (χ1n) is 9.33. The molecule has 0 saturated heterocycles. The number of carbonyl (C=O) groups is 2. The fourth-order valence-electron chi connectivity index (χ4n) is 3.02. The molecular weight excluding hydrogens is 362 g/mol. The Bertz CT molecular complexity index is 1100. The molecule has 0 atom stereocenters. The maximum absolute atomic E-state index is 12.8. The molecule has 29 heavy (non-hydrogen) atoms. The number of rotatable bonds is 5. The molecule has 0 spiro atoms. The Labute approximate surface area is 170 Å². The maximum atomic E-state index is 12.8. The lowest BCUT2D eigenvalue weighted by molar-refractivity contribution is 0.102. The van der Waals surface area contributed by atoms with Gasteiger partial charge in [0, 0.05) is 22.5 Å². The summed E-state index contributed by atoms with van der Waals surface area (Å²) in [5, 5.41) is 14.6. The lowest BCUT2D eigenvalue weighted by Gasteiger charge is -2.13. The Morgan fingerprint density at radius 1 is 0.897 bits per heavy atom. The van der Waals surface area contributed by atoms with E-state index in [0.717, 1.165) is 23.2 Å². The van der Waals surface area contributed by atoms with E-state index in [2.05, 4.69) is 10.6 Å². The van der Waals surface area contributed by atoms with Gasteiger partial charge in [0.25, 0.3) is 11.8 Å². The van der Waals surface area contributed by atoms with Crippen LogP contribution >= 0.6 is 0 Å². The average molecular weight is 383 g/mol. The Kier molecular flexibility index (Phi) is 6.06. The summed E-state index contributed by atoms with van der Waals surface area (Å²) in [6.45, 7) is 3.99. The highest BCUT2D eigenvalue weighted by atomic mass is 16.2. The molecule has 0 aliphatic carbocycles. The van der Waals surface area contributed by atoms with Gasteiger partial charge >= 0.3 is 0 Å². The number of para-hydroxylation sites is 1.